The second-order valence-corrected chi connectivity index (χ2v) is 5.90. The highest BCUT2D eigenvalue weighted by atomic mass is 16.4. The molecule has 1 aliphatic heterocycles. The average Bonchev–Trinajstić information content (AvgIpc) is 2.90. The zero-order valence-electron chi connectivity index (χ0n) is 11.7. The first-order valence-corrected chi connectivity index (χ1v) is 6.98. The summed E-state index contributed by atoms with van der Waals surface area (Å²) in [6, 6.07) is 0. The fraction of sp³-hybridized carbons (Fsp3) is 0.786. The normalized spacial score (nSPS) is 33.4. The highest BCUT2D eigenvalue weighted by Gasteiger charge is 2.58. The Kier molecular flexibility index (Phi) is 3.41. The van der Waals surface area contributed by atoms with Crippen LogP contribution in [0, 0.1) is 17.8 Å². The summed E-state index contributed by atoms with van der Waals surface area (Å²) in [6.45, 7) is 5.22. The molecule has 2 amide bonds. The van der Waals surface area contributed by atoms with Crippen molar-refractivity contribution in [2.75, 3.05) is 0 Å². The number of carbonyl (C=O) groups excluding carboxylic acids is 2. The molecule has 5 heteroatoms. The second kappa shape index (κ2) is 4.62. The molecule has 19 heavy (non-hydrogen) atoms. The van der Waals surface area contributed by atoms with Crippen LogP contribution in [0.25, 0.3) is 0 Å². The van der Waals surface area contributed by atoms with Gasteiger partial charge in [0.25, 0.3) is 0 Å². The molecular weight excluding hydrogens is 246 g/mol. The van der Waals surface area contributed by atoms with E-state index < -0.39 is 11.5 Å². The van der Waals surface area contributed by atoms with Crippen LogP contribution in [-0.4, -0.2) is 33.3 Å². The van der Waals surface area contributed by atoms with Crippen LogP contribution >= 0.6 is 0 Å². The quantitative estimate of drug-likeness (QED) is 0.786. The molecule has 0 aromatic rings. The molecule has 2 aliphatic rings. The number of aliphatic carboxylic acids is 1. The molecule has 2 rings (SSSR count). The number of fused-ring (bicyclic) bond motifs is 1. The van der Waals surface area contributed by atoms with Gasteiger partial charge in [0.15, 0.2) is 0 Å². The lowest BCUT2D eigenvalue weighted by Gasteiger charge is -2.33. The zero-order chi connectivity index (χ0) is 14.4. The van der Waals surface area contributed by atoms with Gasteiger partial charge in [-0.1, -0.05) is 20.3 Å². The summed E-state index contributed by atoms with van der Waals surface area (Å²) in [4.78, 5) is 37.3. The van der Waals surface area contributed by atoms with Gasteiger partial charge in [-0.15, -0.1) is 0 Å². The molecular formula is C14H21NO4. The van der Waals surface area contributed by atoms with E-state index in [2.05, 4.69) is 6.92 Å². The second-order valence-electron chi connectivity index (χ2n) is 5.90. The number of carboxylic acid groups (broad SMARTS) is 1. The Bertz CT molecular complexity index is 409. The summed E-state index contributed by atoms with van der Waals surface area (Å²) in [5.74, 6) is -1.83. The number of carbonyl (C=O) groups is 3. The summed E-state index contributed by atoms with van der Waals surface area (Å²) in [5, 5.41) is 9.34. The molecule has 1 aliphatic carbocycles. The van der Waals surface area contributed by atoms with Crippen LogP contribution < -0.4 is 0 Å². The topological polar surface area (TPSA) is 74.7 Å². The van der Waals surface area contributed by atoms with Gasteiger partial charge >= 0.3 is 5.97 Å². The van der Waals surface area contributed by atoms with Crippen molar-refractivity contribution in [3.05, 3.63) is 0 Å². The number of amides is 2. The van der Waals surface area contributed by atoms with Gasteiger partial charge < -0.3 is 5.11 Å². The molecule has 1 N–H and O–H groups in total. The molecule has 1 saturated carbocycles. The molecule has 106 valence electrons. The van der Waals surface area contributed by atoms with Crippen LogP contribution in [0.1, 0.15) is 46.5 Å². The van der Waals surface area contributed by atoms with Gasteiger partial charge in [0.1, 0.15) is 5.54 Å². The number of hydrogen-bond donors (Lipinski definition) is 1. The van der Waals surface area contributed by atoms with Gasteiger partial charge in [0, 0.05) is 0 Å². The minimum atomic E-state index is -1.40. The maximum absolute atomic E-state index is 12.4. The van der Waals surface area contributed by atoms with E-state index in [-0.39, 0.29) is 30.1 Å². The van der Waals surface area contributed by atoms with Crippen molar-refractivity contribution in [3.8, 4) is 0 Å². The van der Waals surface area contributed by atoms with Crippen LogP contribution in [0.5, 0.6) is 0 Å². The number of nitrogens with zero attached hydrogens (tertiary/aromatic N) is 1. The van der Waals surface area contributed by atoms with Crippen molar-refractivity contribution >= 4 is 17.8 Å². The molecule has 0 aromatic carbocycles. The lowest BCUT2D eigenvalue weighted by Crippen LogP contribution is -2.55. The largest absolute Gasteiger partial charge is 0.479 e. The first-order chi connectivity index (χ1) is 8.86. The zero-order valence-corrected chi connectivity index (χ0v) is 11.7. The fourth-order valence-electron chi connectivity index (χ4n) is 3.35. The minimum absolute atomic E-state index is 0.233. The summed E-state index contributed by atoms with van der Waals surface area (Å²) in [7, 11) is 0. The van der Waals surface area contributed by atoms with Crippen molar-refractivity contribution in [2.24, 2.45) is 17.8 Å². The molecule has 0 bridgehead atoms. The van der Waals surface area contributed by atoms with Crippen LogP contribution in [0.2, 0.25) is 0 Å². The van der Waals surface area contributed by atoms with E-state index in [1.54, 1.807) is 6.92 Å². The van der Waals surface area contributed by atoms with E-state index in [0.29, 0.717) is 5.92 Å². The Morgan fingerprint density at radius 1 is 1.26 bits per heavy atom. The van der Waals surface area contributed by atoms with Crippen molar-refractivity contribution < 1.29 is 19.5 Å². The van der Waals surface area contributed by atoms with Gasteiger partial charge in [0.2, 0.25) is 11.8 Å². The third-order valence-corrected chi connectivity index (χ3v) is 4.96. The van der Waals surface area contributed by atoms with Crippen LogP contribution in [-0.2, 0) is 14.4 Å². The maximum Gasteiger partial charge on any atom is 0.329 e. The van der Waals surface area contributed by atoms with Crippen molar-refractivity contribution in [3.63, 3.8) is 0 Å². The van der Waals surface area contributed by atoms with E-state index in [1.165, 1.54) is 6.92 Å². The SMILES string of the molecule is CCC1CC2C(=O)N(C(C)(CC)C(=O)O)C(=O)C2C1. The lowest BCUT2D eigenvalue weighted by atomic mass is 9.95. The lowest BCUT2D eigenvalue weighted by molar-refractivity contribution is -0.163. The summed E-state index contributed by atoms with van der Waals surface area (Å²) < 4.78 is 0. The Labute approximate surface area is 113 Å². The van der Waals surface area contributed by atoms with E-state index in [4.69, 9.17) is 0 Å². The number of rotatable bonds is 4. The molecule has 5 nitrogen and oxygen atoms in total. The van der Waals surface area contributed by atoms with Crippen LogP contribution in [0.3, 0.4) is 0 Å². The van der Waals surface area contributed by atoms with E-state index in [9.17, 15) is 19.5 Å². The van der Waals surface area contributed by atoms with Gasteiger partial charge in [0.05, 0.1) is 11.8 Å². The monoisotopic (exact) mass is 267 g/mol. The molecule has 0 aromatic heterocycles. The Morgan fingerprint density at radius 3 is 2.05 bits per heavy atom. The molecule has 2 fully saturated rings. The summed E-state index contributed by atoms with van der Waals surface area (Å²) in [5.41, 5.74) is -1.40. The average molecular weight is 267 g/mol. The third kappa shape index (κ3) is 1.86. The molecule has 3 atom stereocenters. The van der Waals surface area contributed by atoms with E-state index in [0.717, 1.165) is 24.2 Å². The van der Waals surface area contributed by atoms with Gasteiger partial charge in [-0.2, -0.15) is 0 Å². The van der Waals surface area contributed by atoms with Crippen molar-refractivity contribution in [1.82, 2.24) is 4.90 Å². The first-order valence-electron chi connectivity index (χ1n) is 6.98. The van der Waals surface area contributed by atoms with Crippen molar-refractivity contribution in [2.45, 2.75) is 52.0 Å². The maximum atomic E-state index is 12.4. The highest BCUT2D eigenvalue weighted by Crippen LogP contribution is 2.46. The van der Waals surface area contributed by atoms with E-state index >= 15 is 0 Å². The Balaban J connectivity index is 2.30. The third-order valence-electron chi connectivity index (χ3n) is 4.96. The van der Waals surface area contributed by atoms with Crippen molar-refractivity contribution in [1.29, 1.82) is 0 Å². The Morgan fingerprint density at radius 2 is 1.74 bits per heavy atom. The predicted octanol–water partition coefficient (Wildman–Crippen LogP) is 1.66. The summed E-state index contributed by atoms with van der Waals surface area (Å²) >= 11 is 0. The van der Waals surface area contributed by atoms with Gasteiger partial charge in [-0.25, -0.2) is 4.79 Å². The predicted molar refractivity (Wildman–Crippen MR) is 68.2 cm³/mol. The molecule has 1 saturated heterocycles. The highest BCUT2D eigenvalue weighted by molar-refractivity contribution is 6.09. The number of likely N-dealkylation sites (tertiary alicyclic amines) is 1. The smallest absolute Gasteiger partial charge is 0.329 e. The molecule has 3 unspecified atom stereocenters. The number of hydrogen-bond acceptors (Lipinski definition) is 3. The standard InChI is InChI=1S/C14H21NO4/c1-4-8-6-9-10(7-8)12(17)15(11(9)16)14(3,5-2)13(18)19/h8-10H,4-7H2,1-3H3,(H,18,19). The van der Waals surface area contributed by atoms with Crippen LogP contribution in [0.15, 0.2) is 0 Å². The summed E-state index contributed by atoms with van der Waals surface area (Å²) in [6.07, 6.45) is 2.65. The number of carboxylic acids is 1. The molecule has 1 heterocycles. The van der Waals surface area contributed by atoms with Gasteiger partial charge in [-0.05, 0) is 32.1 Å². The van der Waals surface area contributed by atoms with Crippen LogP contribution in [0.4, 0.5) is 0 Å². The minimum Gasteiger partial charge on any atom is -0.479 e. The Hall–Kier alpha value is -1.39. The first kappa shape index (κ1) is 14.0. The van der Waals surface area contributed by atoms with E-state index in [1.807, 2.05) is 0 Å². The molecule has 0 spiro atoms. The van der Waals surface area contributed by atoms with Gasteiger partial charge in [-0.3, -0.25) is 14.5 Å². The molecule has 0 radical (unpaired) electrons. The fourth-order valence-corrected chi connectivity index (χ4v) is 3.35. The number of imide groups is 1.